The fourth-order valence-corrected chi connectivity index (χ4v) is 3.98. The molecule has 0 radical (unpaired) electrons. The number of hydrogen-bond acceptors (Lipinski definition) is 5. The molecule has 27 heavy (non-hydrogen) atoms. The van der Waals surface area contributed by atoms with Crippen molar-refractivity contribution < 1.29 is 9.18 Å². The van der Waals surface area contributed by atoms with Gasteiger partial charge < -0.3 is 10.6 Å². The third-order valence-corrected chi connectivity index (χ3v) is 5.67. The summed E-state index contributed by atoms with van der Waals surface area (Å²) in [4.78, 5) is 27.8. The van der Waals surface area contributed by atoms with Crippen LogP contribution in [0.4, 0.5) is 4.39 Å². The first-order valence-electron chi connectivity index (χ1n) is 8.66. The molecule has 0 aromatic carbocycles. The minimum atomic E-state index is -0.299. The third kappa shape index (κ3) is 4.42. The van der Waals surface area contributed by atoms with Crippen LogP contribution in [0.25, 0.3) is 5.57 Å². The van der Waals surface area contributed by atoms with Crippen LogP contribution >= 0.6 is 11.3 Å². The van der Waals surface area contributed by atoms with E-state index in [4.69, 9.17) is 5.73 Å². The number of nitrogens with zero attached hydrogens (tertiary/aromatic N) is 4. The van der Waals surface area contributed by atoms with E-state index >= 15 is 0 Å². The van der Waals surface area contributed by atoms with Gasteiger partial charge in [0.05, 0.1) is 19.4 Å². The maximum atomic E-state index is 12.7. The standard InChI is InChI=1S/C18H22FN5O2S/c1-13(25)22-6-4-15(5-7-22)17-3-2-16(27-17)11-23-12-21-24(18(23)26)10-14(8-19)9-20/h2-4,8,12H,5-7,9-11,20H2,1H3/b14-8+. The number of thiophene rings is 1. The summed E-state index contributed by atoms with van der Waals surface area (Å²) in [6.07, 6.45) is 4.79. The summed E-state index contributed by atoms with van der Waals surface area (Å²) in [6, 6.07) is 4.04. The second kappa shape index (κ2) is 8.45. The predicted octanol–water partition coefficient (Wildman–Crippen LogP) is 1.60. The van der Waals surface area contributed by atoms with Gasteiger partial charge in [-0.25, -0.2) is 13.9 Å². The number of aromatic nitrogens is 3. The maximum absolute atomic E-state index is 12.7. The van der Waals surface area contributed by atoms with Crippen LogP contribution in [-0.2, 0) is 17.9 Å². The van der Waals surface area contributed by atoms with Gasteiger partial charge in [0.25, 0.3) is 0 Å². The lowest BCUT2D eigenvalue weighted by atomic mass is 10.1. The van der Waals surface area contributed by atoms with Crippen LogP contribution in [0.3, 0.4) is 0 Å². The molecule has 1 aliphatic heterocycles. The zero-order chi connectivity index (χ0) is 19.4. The largest absolute Gasteiger partial charge is 0.346 e. The van der Waals surface area contributed by atoms with Gasteiger partial charge in [-0.1, -0.05) is 6.08 Å². The second-order valence-electron chi connectivity index (χ2n) is 6.38. The van der Waals surface area contributed by atoms with E-state index in [1.165, 1.54) is 21.1 Å². The van der Waals surface area contributed by atoms with Gasteiger partial charge in [-0.05, 0) is 29.7 Å². The number of carbonyl (C=O) groups excluding carboxylic acids is 1. The number of halogens is 1. The Kier molecular flexibility index (Phi) is 6.02. The van der Waals surface area contributed by atoms with Gasteiger partial charge in [0.1, 0.15) is 6.33 Å². The lowest BCUT2D eigenvalue weighted by molar-refractivity contribution is -0.128. The van der Waals surface area contributed by atoms with E-state index in [0.717, 1.165) is 22.7 Å². The molecule has 1 aliphatic rings. The Morgan fingerprint density at radius 2 is 2.26 bits per heavy atom. The van der Waals surface area contributed by atoms with E-state index in [9.17, 15) is 14.0 Å². The molecule has 3 rings (SSSR count). The fraction of sp³-hybridized carbons (Fsp3) is 0.389. The minimum absolute atomic E-state index is 0.0419. The quantitative estimate of drug-likeness (QED) is 0.810. The topological polar surface area (TPSA) is 86.2 Å². The molecule has 0 saturated heterocycles. The molecule has 0 fully saturated rings. The lowest BCUT2D eigenvalue weighted by Crippen LogP contribution is -2.32. The van der Waals surface area contributed by atoms with Crippen LogP contribution < -0.4 is 11.4 Å². The Balaban J connectivity index is 1.69. The van der Waals surface area contributed by atoms with Crippen molar-refractivity contribution in [3.05, 3.63) is 56.7 Å². The second-order valence-corrected chi connectivity index (χ2v) is 7.55. The highest BCUT2D eigenvalue weighted by Gasteiger charge is 2.16. The predicted molar refractivity (Wildman–Crippen MR) is 103 cm³/mol. The Bertz CT molecular complexity index is 940. The Morgan fingerprint density at radius 1 is 1.44 bits per heavy atom. The number of rotatable bonds is 6. The van der Waals surface area contributed by atoms with Crippen molar-refractivity contribution in [1.82, 2.24) is 19.2 Å². The van der Waals surface area contributed by atoms with E-state index in [0.29, 0.717) is 25.0 Å². The molecule has 2 aromatic rings. The van der Waals surface area contributed by atoms with Crippen molar-refractivity contribution in [3.63, 3.8) is 0 Å². The molecule has 3 heterocycles. The molecular weight excluding hydrogens is 369 g/mol. The fourth-order valence-electron chi connectivity index (χ4n) is 2.91. The summed E-state index contributed by atoms with van der Waals surface area (Å²) in [5.41, 5.74) is 6.67. The molecule has 2 aromatic heterocycles. The van der Waals surface area contributed by atoms with Crippen LogP contribution in [0.1, 0.15) is 23.1 Å². The highest BCUT2D eigenvalue weighted by molar-refractivity contribution is 7.13. The Morgan fingerprint density at radius 3 is 2.89 bits per heavy atom. The highest BCUT2D eigenvalue weighted by atomic mass is 32.1. The van der Waals surface area contributed by atoms with E-state index in [1.54, 1.807) is 18.3 Å². The first-order chi connectivity index (χ1) is 13.0. The zero-order valence-corrected chi connectivity index (χ0v) is 15.9. The van der Waals surface area contributed by atoms with Gasteiger partial charge in [-0.2, -0.15) is 5.10 Å². The SMILES string of the molecule is CC(=O)N1CC=C(c2ccc(Cn3cnn(C/C(=C/F)CN)c3=O)s2)CC1. The third-order valence-electron chi connectivity index (χ3n) is 4.53. The molecule has 0 bridgehead atoms. The summed E-state index contributed by atoms with van der Waals surface area (Å²) >= 11 is 1.62. The van der Waals surface area contributed by atoms with E-state index in [-0.39, 0.29) is 24.7 Å². The van der Waals surface area contributed by atoms with Crippen molar-refractivity contribution in [2.24, 2.45) is 5.73 Å². The van der Waals surface area contributed by atoms with Crippen LogP contribution in [-0.4, -0.2) is 44.8 Å². The average molecular weight is 391 g/mol. The molecule has 0 spiro atoms. The first-order valence-corrected chi connectivity index (χ1v) is 9.47. The van der Waals surface area contributed by atoms with Gasteiger partial charge in [-0.15, -0.1) is 11.3 Å². The van der Waals surface area contributed by atoms with Gasteiger partial charge in [0, 0.05) is 36.3 Å². The smallest absolute Gasteiger partial charge is 0.339 e. The van der Waals surface area contributed by atoms with E-state index in [1.807, 2.05) is 17.0 Å². The summed E-state index contributed by atoms with van der Waals surface area (Å²) in [7, 11) is 0. The molecule has 144 valence electrons. The van der Waals surface area contributed by atoms with Crippen molar-refractivity contribution in [3.8, 4) is 0 Å². The number of amides is 1. The molecular formula is C18H22FN5O2S. The van der Waals surface area contributed by atoms with Crippen LogP contribution in [0.2, 0.25) is 0 Å². The van der Waals surface area contributed by atoms with Gasteiger partial charge in [0.2, 0.25) is 5.91 Å². The van der Waals surface area contributed by atoms with Crippen molar-refractivity contribution in [2.45, 2.75) is 26.4 Å². The minimum Gasteiger partial charge on any atom is -0.339 e. The molecule has 0 atom stereocenters. The van der Waals surface area contributed by atoms with Crippen LogP contribution in [0.15, 0.2) is 41.2 Å². The summed E-state index contributed by atoms with van der Waals surface area (Å²) in [5.74, 6) is 0.0916. The molecule has 0 unspecified atom stereocenters. The maximum Gasteiger partial charge on any atom is 0.346 e. The molecule has 7 nitrogen and oxygen atoms in total. The summed E-state index contributed by atoms with van der Waals surface area (Å²) in [5, 5.41) is 4.03. The summed E-state index contributed by atoms with van der Waals surface area (Å²) < 4.78 is 15.4. The van der Waals surface area contributed by atoms with Crippen molar-refractivity contribution >= 4 is 22.8 Å². The van der Waals surface area contributed by atoms with Gasteiger partial charge in [-0.3, -0.25) is 9.36 Å². The Labute approximate surface area is 160 Å². The van der Waals surface area contributed by atoms with Gasteiger partial charge in [0.15, 0.2) is 0 Å². The van der Waals surface area contributed by atoms with Crippen LogP contribution in [0.5, 0.6) is 0 Å². The lowest BCUT2D eigenvalue weighted by Gasteiger charge is -2.24. The van der Waals surface area contributed by atoms with E-state index < -0.39 is 0 Å². The molecule has 9 heteroatoms. The molecule has 2 N–H and O–H groups in total. The van der Waals surface area contributed by atoms with E-state index in [2.05, 4.69) is 11.2 Å². The Hall–Kier alpha value is -2.52. The summed E-state index contributed by atoms with van der Waals surface area (Å²) in [6.45, 7) is 3.45. The number of hydrogen-bond donors (Lipinski definition) is 1. The van der Waals surface area contributed by atoms with Crippen molar-refractivity contribution in [1.29, 1.82) is 0 Å². The van der Waals surface area contributed by atoms with Gasteiger partial charge >= 0.3 is 5.69 Å². The molecule has 0 aliphatic carbocycles. The van der Waals surface area contributed by atoms with Crippen molar-refractivity contribution in [2.75, 3.05) is 19.6 Å². The molecule has 1 amide bonds. The number of nitrogens with two attached hydrogens (primary N) is 1. The highest BCUT2D eigenvalue weighted by Crippen LogP contribution is 2.29. The zero-order valence-electron chi connectivity index (χ0n) is 15.1. The first kappa shape index (κ1) is 19.2. The average Bonchev–Trinajstić information content (AvgIpc) is 3.28. The van der Waals surface area contributed by atoms with Crippen LogP contribution in [0, 0.1) is 0 Å². The molecule has 0 saturated carbocycles. The number of carbonyl (C=O) groups is 1. The normalized spacial score (nSPS) is 15.1. The monoisotopic (exact) mass is 391 g/mol.